The Morgan fingerprint density at radius 1 is 1.03 bits per heavy atom. The van der Waals surface area contributed by atoms with E-state index in [0.29, 0.717) is 28.9 Å². The molecule has 6 nitrogen and oxygen atoms in total. The van der Waals surface area contributed by atoms with Crippen LogP contribution in [0.25, 0.3) is 0 Å². The van der Waals surface area contributed by atoms with Crippen LogP contribution in [-0.4, -0.2) is 52.2 Å². The maximum Gasteiger partial charge on any atom is 0.259 e. The molecule has 1 saturated heterocycles. The van der Waals surface area contributed by atoms with Crippen LogP contribution in [0.3, 0.4) is 0 Å². The van der Waals surface area contributed by atoms with Crippen molar-refractivity contribution in [2.75, 3.05) is 25.0 Å². The highest BCUT2D eigenvalue weighted by Crippen LogP contribution is 2.36. The average Bonchev–Trinajstić information content (AvgIpc) is 3.31. The molecule has 0 aliphatic carbocycles. The van der Waals surface area contributed by atoms with Crippen molar-refractivity contribution >= 4 is 29.4 Å². The highest BCUT2D eigenvalue weighted by molar-refractivity contribution is 6.33. The van der Waals surface area contributed by atoms with Crippen molar-refractivity contribution in [3.63, 3.8) is 0 Å². The number of nitrogens with zero attached hydrogens (tertiary/aromatic N) is 4. The molecule has 0 radical (unpaired) electrons. The number of fused-ring (bicyclic) bond motifs is 1. The topological polar surface area (TPSA) is 51.2 Å². The molecule has 1 amide bonds. The third kappa shape index (κ3) is 4.73. The third-order valence-corrected chi connectivity index (χ3v) is 7.21. The second-order valence-corrected chi connectivity index (χ2v) is 10.6. The smallest absolute Gasteiger partial charge is 0.259 e. The number of hydrazine groups is 1. The molecule has 5 rings (SSSR count). The lowest BCUT2D eigenvalue weighted by Crippen LogP contribution is -2.51. The van der Waals surface area contributed by atoms with E-state index in [-0.39, 0.29) is 11.4 Å². The molecular weight excluding hydrogens is 458 g/mol. The number of benzene rings is 2. The highest BCUT2D eigenvalue weighted by atomic mass is 35.5. The third-order valence-electron chi connectivity index (χ3n) is 6.88. The largest absolute Gasteiger partial charge is 0.339 e. The van der Waals surface area contributed by atoms with Gasteiger partial charge in [0.05, 0.1) is 10.7 Å². The Balaban J connectivity index is 1.45. The molecule has 3 aliphatic heterocycles. The Morgan fingerprint density at radius 3 is 2.40 bits per heavy atom. The summed E-state index contributed by atoms with van der Waals surface area (Å²) in [5.74, 6) is 1.99. The van der Waals surface area contributed by atoms with E-state index in [4.69, 9.17) is 11.6 Å². The molecular formula is C28H32ClN5O. The molecule has 3 aliphatic rings. The molecule has 0 bridgehead atoms. The minimum Gasteiger partial charge on any atom is -0.339 e. The Hall–Kier alpha value is -3.09. The van der Waals surface area contributed by atoms with E-state index in [9.17, 15) is 4.79 Å². The first-order valence-corrected chi connectivity index (χ1v) is 12.6. The SMILES string of the molecule is CC(C)(C)N1CC=C2N=CC(C(=O)N3CCC(c4ccccc4)CC3)=C(Nc3ccccc3Cl)N21. The van der Waals surface area contributed by atoms with Gasteiger partial charge in [-0.15, -0.1) is 0 Å². The van der Waals surface area contributed by atoms with Crippen LogP contribution in [0, 0.1) is 0 Å². The fourth-order valence-electron chi connectivity index (χ4n) is 4.96. The number of nitrogens with one attached hydrogen (secondary N) is 1. The lowest BCUT2D eigenvalue weighted by atomic mass is 9.89. The molecule has 0 saturated carbocycles. The number of carbonyl (C=O) groups excluding carboxylic acids is 1. The van der Waals surface area contributed by atoms with Crippen LogP contribution >= 0.6 is 11.6 Å². The fraction of sp³-hybridized carbons (Fsp3) is 0.357. The molecule has 0 unspecified atom stereocenters. The first kappa shape index (κ1) is 23.6. The zero-order chi connectivity index (χ0) is 24.6. The molecule has 7 heteroatoms. The first-order valence-electron chi connectivity index (χ1n) is 12.2. The maximum absolute atomic E-state index is 13.9. The molecule has 182 valence electrons. The highest BCUT2D eigenvalue weighted by Gasteiger charge is 2.39. The van der Waals surface area contributed by atoms with Gasteiger partial charge < -0.3 is 10.2 Å². The van der Waals surface area contributed by atoms with Crippen LogP contribution in [0.5, 0.6) is 0 Å². The monoisotopic (exact) mass is 489 g/mol. The van der Waals surface area contributed by atoms with Gasteiger partial charge in [-0.1, -0.05) is 54.1 Å². The van der Waals surface area contributed by atoms with Crippen molar-refractivity contribution in [1.82, 2.24) is 14.9 Å². The fourth-order valence-corrected chi connectivity index (χ4v) is 5.14. The van der Waals surface area contributed by atoms with Crippen molar-refractivity contribution in [1.29, 1.82) is 0 Å². The number of likely N-dealkylation sites (tertiary alicyclic amines) is 1. The van der Waals surface area contributed by atoms with Crippen LogP contribution < -0.4 is 5.32 Å². The zero-order valence-electron chi connectivity index (χ0n) is 20.5. The predicted molar refractivity (Wildman–Crippen MR) is 142 cm³/mol. The van der Waals surface area contributed by atoms with Crippen molar-refractivity contribution < 1.29 is 4.79 Å². The number of anilines is 1. The van der Waals surface area contributed by atoms with Crippen molar-refractivity contribution in [2.24, 2.45) is 4.99 Å². The van der Waals surface area contributed by atoms with Crippen LogP contribution in [0.2, 0.25) is 5.02 Å². The summed E-state index contributed by atoms with van der Waals surface area (Å²) in [7, 11) is 0. The number of aliphatic imine (C=N–C) groups is 1. The molecule has 0 spiro atoms. The predicted octanol–water partition coefficient (Wildman–Crippen LogP) is 5.63. The van der Waals surface area contributed by atoms with E-state index >= 15 is 0 Å². The number of carbonyl (C=O) groups is 1. The number of para-hydroxylation sites is 1. The van der Waals surface area contributed by atoms with E-state index < -0.39 is 0 Å². The van der Waals surface area contributed by atoms with E-state index in [2.05, 4.69) is 66.4 Å². The molecule has 1 N–H and O–H groups in total. The average molecular weight is 490 g/mol. The summed E-state index contributed by atoms with van der Waals surface area (Å²) >= 11 is 6.50. The van der Waals surface area contributed by atoms with Gasteiger partial charge >= 0.3 is 0 Å². The van der Waals surface area contributed by atoms with E-state index in [0.717, 1.165) is 37.4 Å². The minimum absolute atomic E-state index is 0.00498. The number of rotatable bonds is 4. The number of hydrogen-bond acceptors (Lipinski definition) is 5. The van der Waals surface area contributed by atoms with Crippen LogP contribution in [0.4, 0.5) is 5.69 Å². The van der Waals surface area contributed by atoms with Crippen LogP contribution in [0.15, 0.2) is 82.9 Å². The Morgan fingerprint density at radius 2 is 1.71 bits per heavy atom. The lowest BCUT2D eigenvalue weighted by molar-refractivity contribution is -0.128. The summed E-state index contributed by atoms with van der Waals surface area (Å²) in [5.41, 5.74) is 2.50. The van der Waals surface area contributed by atoms with Crippen molar-refractivity contribution in [3.05, 3.63) is 88.5 Å². The summed E-state index contributed by atoms with van der Waals surface area (Å²) in [6.45, 7) is 8.64. The van der Waals surface area contributed by atoms with Gasteiger partial charge in [0.1, 0.15) is 17.2 Å². The van der Waals surface area contributed by atoms with Gasteiger partial charge in [0, 0.05) is 31.4 Å². The molecule has 35 heavy (non-hydrogen) atoms. The van der Waals surface area contributed by atoms with Crippen molar-refractivity contribution in [2.45, 2.75) is 45.1 Å². The van der Waals surface area contributed by atoms with E-state index in [1.807, 2.05) is 40.2 Å². The first-order chi connectivity index (χ1) is 16.8. The maximum atomic E-state index is 13.9. The summed E-state index contributed by atoms with van der Waals surface area (Å²) < 4.78 is 0. The molecule has 3 heterocycles. The van der Waals surface area contributed by atoms with Crippen LogP contribution in [-0.2, 0) is 4.79 Å². The van der Waals surface area contributed by atoms with Crippen LogP contribution in [0.1, 0.15) is 45.1 Å². The van der Waals surface area contributed by atoms with E-state index in [1.54, 1.807) is 6.21 Å². The van der Waals surface area contributed by atoms with Gasteiger partial charge in [0.25, 0.3) is 5.91 Å². The number of hydrogen-bond donors (Lipinski definition) is 1. The number of piperidine rings is 1. The summed E-state index contributed by atoms with van der Waals surface area (Å²) in [6.07, 6.45) is 5.70. The summed E-state index contributed by atoms with van der Waals surface area (Å²) in [4.78, 5) is 20.5. The lowest BCUT2D eigenvalue weighted by Gasteiger charge is -2.43. The molecule has 0 atom stereocenters. The summed E-state index contributed by atoms with van der Waals surface area (Å²) in [6, 6.07) is 18.2. The van der Waals surface area contributed by atoms with Gasteiger partial charge in [-0.25, -0.2) is 15.0 Å². The van der Waals surface area contributed by atoms with Gasteiger partial charge in [-0.2, -0.15) is 0 Å². The van der Waals surface area contributed by atoms with Gasteiger partial charge in [-0.05, 0) is 63.3 Å². The zero-order valence-corrected chi connectivity index (χ0v) is 21.3. The molecule has 2 aromatic rings. The Kier molecular flexibility index (Phi) is 6.43. The molecule has 1 fully saturated rings. The van der Waals surface area contributed by atoms with Crippen molar-refractivity contribution in [3.8, 4) is 0 Å². The van der Waals surface area contributed by atoms with Gasteiger partial charge in [0.2, 0.25) is 0 Å². The molecule has 0 aromatic heterocycles. The molecule has 2 aromatic carbocycles. The number of halogens is 1. The Bertz CT molecular complexity index is 1190. The second-order valence-electron chi connectivity index (χ2n) is 10.2. The normalized spacial score (nSPS) is 19.1. The number of amides is 1. The Labute approximate surface area is 212 Å². The van der Waals surface area contributed by atoms with Gasteiger partial charge in [0.15, 0.2) is 0 Å². The van der Waals surface area contributed by atoms with Gasteiger partial charge in [-0.3, -0.25) is 4.79 Å². The minimum atomic E-state index is -0.166. The van der Waals surface area contributed by atoms with E-state index in [1.165, 1.54) is 5.56 Å². The second kappa shape index (κ2) is 9.51. The standard InChI is InChI=1S/C28H32ClN5O/c1-28(2,3)33-18-15-25-30-19-22(26(34(25)33)31-24-12-8-7-11-23(24)29)27(35)32-16-13-21(14-17-32)20-9-5-4-6-10-20/h4-12,15,19,21,31H,13-14,16-18H2,1-3H3. The quantitative estimate of drug-likeness (QED) is 0.605. The summed E-state index contributed by atoms with van der Waals surface area (Å²) in [5, 5.41) is 8.33.